The number of nitrogens with zero attached hydrogens (tertiary/aromatic N) is 1. The fourth-order valence-corrected chi connectivity index (χ4v) is 1.90. The summed E-state index contributed by atoms with van der Waals surface area (Å²) in [6.07, 6.45) is 0. The maximum Gasteiger partial charge on any atom is 0.0459 e. The molecule has 0 bridgehead atoms. The minimum Gasteiger partial charge on any atom is -0.367 e. The number of fused-ring (bicyclic) bond motifs is 1. The first-order chi connectivity index (χ1) is 6.18. The SMILES string of the molecule is C=C(C)N1Cc2cccc(Cl)c2C1. The van der Waals surface area contributed by atoms with Gasteiger partial charge in [-0.05, 0) is 24.1 Å². The van der Waals surface area contributed by atoms with Crippen LogP contribution in [0.3, 0.4) is 0 Å². The molecule has 1 aromatic carbocycles. The average molecular weight is 194 g/mol. The van der Waals surface area contributed by atoms with Crippen molar-refractivity contribution in [1.82, 2.24) is 4.90 Å². The minimum atomic E-state index is 0.876. The van der Waals surface area contributed by atoms with Gasteiger partial charge in [0.05, 0.1) is 0 Å². The van der Waals surface area contributed by atoms with Crippen molar-refractivity contribution in [1.29, 1.82) is 0 Å². The Balaban J connectivity index is 2.35. The second-order valence-corrected chi connectivity index (χ2v) is 3.88. The van der Waals surface area contributed by atoms with E-state index in [-0.39, 0.29) is 0 Å². The fourth-order valence-electron chi connectivity index (χ4n) is 1.65. The lowest BCUT2D eigenvalue weighted by atomic mass is 10.1. The Kier molecular flexibility index (Phi) is 2.04. The molecule has 13 heavy (non-hydrogen) atoms. The zero-order valence-corrected chi connectivity index (χ0v) is 8.43. The smallest absolute Gasteiger partial charge is 0.0459 e. The first-order valence-corrected chi connectivity index (χ1v) is 4.73. The fraction of sp³-hybridized carbons (Fsp3) is 0.273. The van der Waals surface area contributed by atoms with Crippen LogP contribution in [-0.2, 0) is 13.1 Å². The monoisotopic (exact) mass is 193 g/mol. The van der Waals surface area contributed by atoms with Gasteiger partial charge >= 0.3 is 0 Å². The zero-order valence-electron chi connectivity index (χ0n) is 7.68. The van der Waals surface area contributed by atoms with E-state index in [4.69, 9.17) is 11.6 Å². The molecule has 1 aliphatic heterocycles. The number of allylic oxidation sites excluding steroid dienone is 1. The van der Waals surface area contributed by atoms with Gasteiger partial charge in [0, 0.05) is 23.8 Å². The summed E-state index contributed by atoms with van der Waals surface area (Å²) < 4.78 is 0. The van der Waals surface area contributed by atoms with Crippen molar-refractivity contribution in [3.8, 4) is 0 Å². The van der Waals surface area contributed by atoms with Crippen LogP contribution in [0.1, 0.15) is 18.1 Å². The molecule has 1 nitrogen and oxygen atoms in total. The summed E-state index contributed by atoms with van der Waals surface area (Å²) in [6, 6.07) is 6.08. The molecular formula is C11H12ClN. The van der Waals surface area contributed by atoms with Crippen molar-refractivity contribution in [2.75, 3.05) is 0 Å². The van der Waals surface area contributed by atoms with Crippen LogP contribution >= 0.6 is 11.6 Å². The summed E-state index contributed by atoms with van der Waals surface area (Å²) in [6.45, 7) is 7.82. The van der Waals surface area contributed by atoms with Gasteiger partial charge in [0.25, 0.3) is 0 Å². The van der Waals surface area contributed by atoms with E-state index in [2.05, 4.69) is 17.5 Å². The highest BCUT2D eigenvalue weighted by Gasteiger charge is 2.19. The molecule has 2 heteroatoms. The Morgan fingerprint density at radius 1 is 1.46 bits per heavy atom. The predicted octanol–water partition coefficient (Wildman–Crippen LogP) is 3.19. The molecule has 0 amide bonds. The highest BCUT2D eigenvalue weighted by molar-refractivity contribution is 6.31. The van der Waals surface area contributed by atoms with Crippen LogP contribution in [0, 0.1) is 0 Å². The number of hydrogen-bond donors (Lipinski definition) is 0. The van der Waals surface area contributed by atoms with Gasteiger partial charge in [0.2, 0.25) is 0 Å². The first kappa shape index (κ1) is 8.64. The molecule has 0 radical (unpaired) electrons. The Morgan fingerprint density at radius 3 is 2.85 bits per heavy atom. The van der Waals surface area contributed by atoms with Gasteiger partial charge in [-0.15, -0.1) is 0 Å². The van der Waals surface area contributed by atoms with Crippen LogP contribution in [0.25, 0.3) is 0 Å². The van der Waals surface area contributed by atoms with Crippen molar-refractivity contribution >= 4 is 11.6 Å². The van der Waals surface area contributed by atoms with Gasteiger partial charge in [0.15, 0.2) is 0 Å². The second kappa shape index (κ2) is 3.08. The molecule has 68 valence electrons. The molecule has 0 fully saturated rings. The molecule has 1 aromatic rings. The third-order valence-corrected chi connectivity index (χ3v) is 2.82. The van der Waals surface area contributed by atoms with Gasteiger partial charge in [-0.3, -0.25) is 0 Å². The highest BCUT2D eigenvalue weighted by atomic mass is 35.5. The molecule has 0 unspecified atom stereocenters. The normalized spacial score (nSPS) is 14.5. The Labute approximate surface area is 83.6 Å². The lowest BCUT2D eigenvalue weighted by Crippen LogP contribution is -2.12. The maximum atomic E-state index is 6.08. The van der Waals surface area contributed by atoms with E-state index in [0.29, 0.717) is 0 Å². The van der Waals surface area contributed by atoms with Crippen molar-refractivity contribution in [2.45, 2.75) is 20.0 Å². The molecule has 1 aliphatic rings. The van der Waals surface area contributed by atoms with E-state index in [1.54, 1.807) is 0 Å². The molecule has 1 heterocycles. The standard InChI is InChI=1S/C11H12ClN/c1-8(2)13-6-9-4-3-5-11(12)10(9)7-13/h3-5H,1,6-7H2,2H3. The summed E-state index contributed by atoms with van der Waals surface area (Å²) in [5.74, 6) is 0. The second-order valence-electron chi connectivity index (χ2n) is 3.47. The van der Waals surface area contributed by atoms with E-state index in [0.717, 1.165) is 23.8 Å². The van der Waals surface area contributed by atoms with E-state index in [9.17, 15) is 0 Å². The van der Waals surface area contributed by atoms with E-state index < -0.39 is 0 Å². The molecule has 0 N–H and O–H groups in total. The zero-order chi connectivity index (χ0) is 9.42. The van der Waals surface area contributed by atoms with Crippen LogP contribution < -0.4 is 0 Å². The Morgan fingerprint density at radius 2 is 2.23 bits per heavy atom. The predicted molar refractivity (Wildman–Crippen MR) is 55.5 cm³/mol. The molecule has 2 rings (SSSR count). The molecule has 0 spiro atoms. The van der Waals surface area contributed by atoms with Crippen molar-refractivity contribution in [3.63, 3.8) is 0 Å². The maximum absolute atomic E-state index is 6.08. The van der Waals surface area contributed by atoms with Crippen molar-refractivity contribution in [2.24, 2.45) is 0 Å². The number of rotatable bonds is 1. The lowest BCUT2D eigenvalue weighted by Gasteiger charge is -2.16. The van der Waals surface area contributed by atoms with Crippen LogP contribution in [0.15, 0.2) is 30.5 Å². The van der Waals surface area contributed by atoms with Crippen molar-refractivity contribution in [3.05, 3.63) is 46.6 Å². The summed E-state index contributed by atoms with van der Waals surface area (Å²) in [4.78, 5) is 2.23. The summed E-state index contributed by atoms with van der Waals surface area (Å²) >= 11 is 6.08. The van der Waals surface area contributed by atoms with Crippen LogP contribution in [0.2, 0.25) is 5.02 Å². The minimum absolute atomic E-state index is 0.876. The Hall–Kier alpha value is -0.950. The molecule has 0 saturated heterocycles. The van der Waals surface area contributed by atoms with Crippen LogP contribution in [-0.4, -0.2) is 4.90 Å². The van der Waals surface area contributed by atoms with Gasteiger partial charge in [-0.1, -0.05) is 30.3 Å². The largest absolute Gasteiger partial charge is 0.367 e. The summed E-state index contributed by atoms with van der Waals surface area (Å²) in [5.41, 5.74) is 3.69. The third-order valence-electron chi connectivity index (χ3n) is 2.47. The number of benzene rings is 1. The summed E-state index contributed by atoms with van der Waals surface area (Å²) in [7, 11) is 0. The van der Waals surface area contributed by atoms with Crippen molar-refractivity contribution < 1.29 is 0 Å². The highest BCUT2D eigenvalue weighted by Crippen LogP contribution is 2.30. The van der Waals surface area contributed by atoms with Gasteiger partial charge in [-0.2, -0.15) is 0 Å². The number of hydrogen-bond acceptors (Lipinski definition) is 1. The third kappa shape index (κ3) is 1.44. The molecule has 0 aromatic heterocycles. The summed E-state index contributed by atoms with van der Waals surface area (Å²) in [5, 5.41) is 0.876. The number of halogens is 1. The van der Waals surface area contributed by atoms with Crippen LogP contribution in [0.5, 0.6) is 0 Å². The van der Waals surface area contributed by atoms with Crippen LogP contribution in [0.4, 0.5) is 0 Å². The quantitative estimate of drug-likeness (QED) is 0.662. The molecule has 0 aliphatic carbocycles. The van der Waals surface area contributed by atoms with E-state index in [1.807, 2.05) is 19.1 Å². The molecule has 0 saturated carbocycles. The average Bonchev–Trinajstić information content (AvgIpc) is 2.49. The topological polar surface area (TPSA) is 3.24 Å². The van der Waals surface area contributed by atoms with Gasteiger partial charge in [0.1, 0.15) is 0 Å². The van der Waals surface area contributed by atoms with E-state index >= 15 is 0 Å². The van der Waals surface area contributed by atoms with Gasteiger partial charge in [-0.25, -0.2) is 0 Å². The Bertz CT molecular complexity index is 357. The first-order valence-electron chi connectivity index (χ1n) is 4.35. The lowest BCUT2D eigenvalue weighted by molar-refractivity contribution is 0.365. The molecule has 0 atom stereocenters. The van der Waals surface area contributed by atoms with Gasteiger partial charge < -0.3 is 4.90 Å². The van der Waals surface area contributed by atoms with E-state index in [1.165, 1.54) is 11.1 Å². The molecular weight excluding hydrogens is 182 g/mol.